The van der Waals surface area contributed by atoms with Gasteiger partial charge >= 0.3 is 17.9 Å². The van der Waals surface area contributed by atoms with Crippen molar-refractivity contribution < 1.29 is 41.6 Å². The highest BCUT2D eigenvalue weighted by Crippen LogP contribution is 2.45. The van der Waals surface area contributed by atoms with Gasteiger partial charge in [0, 0.05) is 5.75 Å². The molecule has 10 heteroatoms. The molecule has 0 aromatic rings. The number of carbonyl (C=O) groups excluding carboxylic acids is 3. The van der Waals surface area contributed by atoms with Gasteiger partial charge in [0.1, 0.15) is 0 Å². The van der Waals surface area contributed by atoms with Crippen LogP contribution in [0, 0.1) is 16.2 Å². The third kappa shape index (κ3) is 11.2. The zero-order chi connectivity index (χ0) is 26.6. The van der Waals surface area contributed by atoms with Crippen LogP contribution >= 0.6 is 0 Å². The van der Waals surface area contributed by atoms with E-state index in [2.05, 4.69) is 0 Å². The van der Waals surface area contributed by atoms with Gasteiger partial charge in [0.05, 0.1) is 46.2 Å². The van der Waals surface area contributed by atoms with Gasteiger partial charge in [-0.05, 0) is 66.2 Å². The van der Waals surface area contributed by atoms with Crippen LogP contribution in [0.1, 0.15) is 93.4 Å². The van der Waals surface area contributed by atoms with Crippen LogP contribution in [0.25, 0.3) is 0 Å². The lowest BCUT2D eigenvalue weighted by Crippen LogP contribution is -2.44. The molecule has 0 saturated heterocycles. The largest absolute Gasteiger partial charge is 0.748 e. The topological polar surface area (TPSA) is 136 Å². The first-order chi connectivity index (χ1) is 15.6. The Bertz CT molecular complexity index is 775. The first-order valence-electron chi connectivity index (χ1n) is 12.0. The second-order valence-corrected chi connectivity index (χ2v) is 11.6. The van der Waals surface area contributed by atoms with E-state index in [-0.39, 0.29) is 39.1 Å². The third-order valence-electron chi connectivity index (χ3n) is 5.87. The van der Waals surface area contributed by atoms with Crippen LogP contribution in [0.3, 0.4) is 0 Å². The molecule has 0 aliphatic carbocycles. The van der Waals surface area contributed by atoms with Crippen molar-refractivity contribution >= 4 is 28.0 Å². The van der Waals surface area contributed by atoms with Crippen molar-refractivity contribution in [3.05, 3.63) is 0 Å². The van der Waals surface area contributed by atoms with Crippen molar-refractivity contribution in [2.75, 3.05) is 25.6 Å². The fourth-order valence-electron chi connectivity index (χ4n) is 3.91. The molecule has 200 valence electrons. The molecule has 34 heavy (non-hydrogen) atoms. The number of esters is 3. The first kappa shape index (κ1) is 32.3. The first-order valence-corrected chi connectivity index (χ1v) is 13.6. The van der Waals surface area contributed by atoms with Gasteiger partial charge < -0.3 is 18.8 Å². The summed E-state index contributed by atoms with van der Waals surface area (Å²) in [5.74, 6) is -2.21. The Morgan fingerprint density at radius 3 is 1.71 bits per heavy atom. The van der Waals surface area contributed by atoms with Crippen LogP contribution < -0.4 is 0 Å². The van der Waals surface area contributed by atoms with Gasteiger partial charge in [-0.3, -0.25) is 14.4 Å². The Labute approximate surface area is 205 Å². The fourth-order valence-corrected chi connectivity index (χ4v) is 4.38. The zero-order valence-corrected chi connectivity index (χ0v) is 22.7. The Hall–Kier alpha value is -1.68. The molecule has 2 atom stereocenters. The highest BCUT2D eigenvalue weighted by atomic mass is 32.2. The van der Waals surface area contributed by atoms with Gasteiger partial charge in [0.15, 0.2) is 0 Å². The summed E-state index contributed by atoms with van der Waals surface area (Å²) in [6.07, 6.45) is 2.61. The van der Waals surface area contributed by atoms with Crippen LogP contribution in [-0.2, 0) is 38.7 Å². The van der Waals surface area contributed by atoms with Gasteiger partial charge in [-0.1, -0.05) is 27.2 Å². The van der Waals surface area contributed by atoms with E-state index in [1.54, 1.807) is 27.7 Å². The molecule has 0 amide bonds. The molecular weight excluding hydrogens is 464 g/mol. The van der Waals surface area contributed by atoms with E-state index in [0.29, 0.717) is 12.8 Å². The monoisotopic (exact) mass is 507 g/mol. The minimum absolute atomic E-state index is 0.0420. The highest BCUT2D eigenvalue weighted by Gasteiger charge is 2.49. The molecule has 2 unspecified atom stereocenters. The normalized spacial score (nSPS) is 15.6. The Morgan fingerprint density at radius 1 is 0.706 bits per heavy atom. The summed E-state index contributed by atoms with van der Waals surface area (Å²) in [6.45, 7) is 12.6. The molecule has 0 saturated carbocycles. The van der Waals surface area contributed by atoms with Gasteiger partial charge in [0.25, 0.3) is 0 Å². The van der Waals surface area contributed by atoms with E-state index in [0.717, 1.165) is 12.8 Å². The van der Waals surface area contributed by atoms with Crippen molar-refractivity contribution in [2.24, 2.45) is 16.2 Å². The summed E-state index contributed by atoms with van der Waals surface area (Å²) < 4.78 is 48.6. The van der Waals surface area contributed by atoms with E-state index >= 15 is 0 Å². The Morgan fingerprint density at radius 2 is 1.21 bits per heavy atom. The maximum absolute atomic E-state index is 13.2. The molecule has 0 aromatic carbocycles. The van der Waals surface area contributed by atoms with E-state index in [4.69, 9.17) is 14.2 Å². The summed E-state index contributed by atoms with van der Waals surface area (Å²) in [4.78, 5) is 38.8. The predicted molar refractivity (Wildman–Crippen MR) is 127 cm³/mol. The molecule has 0 heterocycles. The summed E-state index contributed by atoms with van der Waals surface area (Å²) in [5, 5.41) is 0. The van der Waals surface area contributed by atoms with Crippen LogP contribution in [0.5, 0.6) is 0 Å². The lowest BCUT2D eigenvalue weighted by Gasteiger charge is -2.39. The van der Waals surface area contributed by atoms with Gasteiger partial charge in [-0.25, -0.2) is 8.42 Å². The van der Waals surface area contributed by atoms with Gasteiger partial charge in [-0.2, -0.15) is 0 Å². The van der Waals surface area contributed by atoms with Crippen molar-refractivity contribution in [2.45, 2.75) is 93.4 Å². The van der Waals surface area contributed by atoms with Crippen LogP contribution in [-0.4, -0.2) is 56.5 Å². The van der Waals surface area contributed by atoms with Crippen molar-refractivity contribution in [3.63, 3.8) is 0 Å². The number of rotatable bonds is 17. The molecular formula is C24H43O9S-. The van der Waals surface area contributed by atoms with Crippen molar-refractivity contribution in [1.82, 2.24) is 0 Å². The molecule has 0 rings (SSSR count). The Kier molecular flexibility index (Phi) is 13.3. The highest BCUT2D eigenvalue weighted by molar-refractivity contribution is 7.85. The molecule has 0 aromatic heterocycles. The maximum atomic E-state index is 13.2. The number of unbranched alkanes of at least 4 members (excludes halogenated alkanes) is 1. The number of hydrogen-bond acceptors (Lipinski definition) is 9. The molecule has 0 spiro atoms. The molecule has 9 nitrogen and oxygen atoms in total. The summed E-state index contributed by atoms with van der Waals surface area (Å²) >= 11 is 0. The lowest BCUT2D eigenvalue weighted by molar-refractivity contribution is -0.168. The smallest absolute Gasteiger partial charge is 0.311 e. The molecule has 0 bridgehead atoms. The minimum Gasteiger partial charge on any atom is -0.748 e. The summed E-state index contributed by atoms with van der Waals surface area (Å²) in [5.41, 5.74) is -3.34. The number of hydrogen-bond donors (Lipinski definition) is 0. The zero-order valence-electron chi connectivity index (χ0n) is 21.9. The van der Waals surface area contributed by atoms with Crippen LogP contribution in [0.15, 0.2) is 0 Å². The molecule has 0 aliphatic rings. The Balaban J connectivity index is 5.81. The number of carbonyl (C=O) groups is 3. The van der Waals surface area contributed by atoms with E-state index < -0.39 is 50.0 Å². The lowest BCUT2D eigenvalue weighted by atomic mass is 9.65. The average molecular weight is 508 g/mol. The second-order valence-electron chi connectivity index (χ2n) is 10.1. The molecule has 0 N–H and O–H groups in total. The summed E-state index contributed by atoms with van der Waals surface area (Å²) in [7, 11) is -4.43. The molecule has 0 fully saturated rings. The third-order valence-corrected chi connectivity index (χ3v) is 6.66. The fraction of sp³-hybridized carbons (Fsp3) is 0.875. The van der Waals surface area contributed by atoms with Crippen molar-refractivity contribution in [1.29, 1.82) is 0 Å². The standard InChI is InChI=1S/C24H44O9S/c1-8-11-14-32-19(25)22(4,5)17-24(7,21(27)33-15-12-16-34(28,29)30)18-23(6,10-3)20(26)31-13-9-2/h8-18H2,1-7H3,(H,28,29,30)/p-1. The minimum atomic E-state index is -4.43. The van der Waals surface area contributed by atoms with Gasteiger partial charge in [-0.15, -0.1) is 0 Å². The average Bonchev–Trinajstić information content (AvgIpc) is 2.73. The second kappa shape index (κ2) is 14.0. The predicted octanol–water partition coefficient (Wildman–Crippen LogP) is 3.99. The van der Waals surface area contributed by atoms with E-state index in [1.807, 2.05) is 20.8 Å². The SMILES string of the molecule is CCCCOC(=O)C(C)(C)CC(C)(CC(C)(CC)C(=O)OCCC)C(=O)OCCCS(=O)(=O)[O-]. The molecule has 0 radical (unpaired) electrons. The van der Waals surface area contributed by atoms with E-state index in [9.17, 15) is 27.4 Å². The quantitative estimate of drug-likeness (QED) is 0.124. The van der Waals surface area contributed by atoms with Crippen LogP contribution in [0.2, 0.25) is 0 Å². The van der Waals surface area contributed by atoms with Gasteiger partial charge in [0.2, 0.25) is 0 Å². The van der Waals surface area contributed by atoms with Crippen LogP contribution in [0.4, 0.5) is 0 Å². The maximum Gasteiger partial charge on any atom is 0.311 e. The van der Waals surface area contributed by atoms with E-state index in [1.165, 1.54) is 0 Å². The number of ether oxygens (including phenoxy) is 3. The molecule has 0 aliphatic heterocycles. The summed E-state index contributed by atoms with van der Waals surface area (Å²) in [6, 6.07) is 0. The van der Waals surface area contributed by atoms with Crippen molar-refractivity contribution in [3.8, 4) is 0 Å².